The highest BCUT2D eigenvalue weighted by Gasteiger charge is 2.17. The first-order valence-electron chi connectivity index (χ1n) is 10.4. The van der Waals surface area contributed by atoms with Gasteiger partial charge in [0.25, 0.3) is 0 Å². The van der Waals surface area contributed by atoms with Crippen LogP contribution in [0.5, 0.6) is 0 Å². The number of benzene rings is 1. The van der Waals surface area contributed by atoms with Crippen molar-refractivity contribution in [2.45, 2.75) is 19.8 Å². The zero-order valence-electron chi connectivity index (χ0n) is 17.6. The molecule has 3 aromatic rings. The number of nitrogens with one attached hydrogen (secondary N) is 1. The SMILES string of the molecule is CCc1cc(Nc2cc(CC(=O)c3c(Cl)cccc3Cl)ccn2)nc(N2CCOCC2)n1. The topological polar surface area (TPSA) is 80.2 Å². The summed E-state index contributed by atoms with van der Waals surface area (Å²) in [5.41, 5.74) is 2.06. The van der Waals surface area contributed by atoms with Crippen molar-refractivity contribution in [2.75, 3.05) is 36.5 Å². The lowest BCUT2D eigenvalue weighted by Gasteiger charge is -2.27. The summed E-state index contributed by atoms with van der Waals surface area (Å²) in [4.78, 5) is 28.6. The van der Waals surface area contributed by atoms with Crippen LogP contribution in [0, 0.1) is 0 Å². The van der Waals surface area contributed by atoms with Crippen molar-refractivity contribution in [1.82, 2.24) is 15.0 Å². The van der Waals surface area contributed by atoms with E-state index in [-0.39, 0.29) is 12.2 Å². The number of Topliss-reactive ketones (excluding diaryl/α,β-unsaturated/α-hetero) is 1. The number of hydrogen-bond acceptors (Lipinski definition) is 7. The fourth-order valence-electron chi connectivity index (χ4n) is 3.46. The van der Waals surface area contributed by atoms with Gasteiger partial charge >= 0.3 is 0 Å². The summed E-state index contributed by atoms with van der Waals surface area (Å²) in [5, 5.41) is 3.94. The minimum absolute atomic E-state index is 0.150. The molecule has 0 unspecified atom stereocenters. The monoisotopic (exact) mass is 471 g/mol. The van der Waals surface area contributed by atoms with Gasteiger partial charge < -0.3 is 15.0 Å². The maximum Gasteiger partial charge on any atom is 0.227 e. The van der Waals surface area contributed by atoms with E-state index < -0.39 is 0 Å². The van der Waals surface area contributed by atoms with Crippen molar-refractivity contribution < 1.29 is 9.53 Å². The maximum absolute atomic E-state index is 12.8. The Kier molecular flexibility index (Phi) is 7.19. The molecule has 2 aromatic heterocycles. The maximum atomic E-state index is 12.8. The number of aromatic nitrogens is 3. The van der Waals surface area contributed by atoms with Crippen molar-refractivity contribution in [3.05, 3.63) is 69.5 Å². The van der Waals surface area contributed by atoms with E-state index in [9.17, 15) is 4.79 Å². The zero-order valence-corrected chi connectivity index (χ0v) is 19.2. The van der Waals surface area contributed by atoms with Crippen molar-refractivity contribution in [3.8, 4) is 0 Å². The van der Waals surface area contributed by atoms with Gasteiger partial charge in [-0.25, -0.2) is 9.97 Å². The average Bonchev–Trinajstić information content (AvgIpc) is 2.79. The molecule has 9 heteroatoms. The van der Waals surface area contributed by atoms with Crippen molar-refractivity contribution in [3.63, 3.8) is 0 Å². The van der Waals surface area contributed by atoms with E-state index in [0.29, 0.717) is 46.4 Å². The van der Waals surface area contributed by atoms with E-state index in [4.69, 9.17) is 27.9 Å². The van der Waals surface area contributed by atoms with Gasteiger partial charge in [0.1, 0.15) is 11.6 Å². The van der Waals surface area contributed by atoms with E-state index >= 15 is 0 Å². The van der Waals surface area contributed by atoms with E-state index in [1.807, 2.05) is 12.1 Å². The number of hydrogen-bond donors (Lipinski definition) is 1. The second-order valence-corrected chi connectivity index (χ2v) is 8.18. The highest BCUT2D eigenvalue weighted by atomic mass is 35.5. The summed E-state index contributed by atoms with van der Waals surface area (Å²) in [5.74, 6) is 1.77. The van der Waals surface area contributed by atoms with E-state index in [1.54, 1.807) is 30.5 Å². The molecule has 0 bridgehead atoms. The fraction of sp³-hybridized carbons (Fsp3) is 0.304. The molecule has 1 saturated heterocycles. The average molecular weight is 472 g/mol. The van der Waals surface area contributed by atoms with Crippen LogP contribution in [0.4, 0.5) is 17.6 Å². The first-order chi connectivity index (χ1) is 15.5. The molecule has 0 aliphatic carbocycles. The molecule has 1 aliphatic heterocycles. The highest BCUT2D eigenvalue weighted by molar-refractivity contribution is 6.39. The molecular formula is C23H23Cl2N5O2. The van der Waals surface area contributed by atoms with Gasteiger partial charge in [0.15, 0.2) is 5.78 Å². The van der Waals surface area contributed by atoms with Crippen molar-refractivity contribution in [1.29, 1.82) is 0 Å². The third-order valence-electron chi connectivity index (χ3n) is 5.11. The summed E-state index contributed by atoms with van der Waals surface area (Å²) in [6.45, 7) is 4.89. The van der Waals surface area contributed by atoms with Crippen LogP contribution >= 0.6 is 23.2 Å². The van der Waals surface area contributed by atoms with Crippen molar-refractivity contribution in [2.24, 2.45) is 0 Å². The predicted molar refractivity (Wildman–Crippen MR) is 126 cm³/mol. The summed E-state index contributed by atoms with van der Waals surface area (Å²) >= 11 is 12.4. The van der Waals surface area contributed by atoms with Gasteiger partial charge in [-0.1, -0.05) is 36.2 Å². The molecular weight excluding hydrogens is 449 g/mol. The van der Waals surface area contributed by atoms with Gasteiger partial charge in [-0.3, -0.25) is 4.79 Å². The number of pyridine rings is 1. The Labute approximate surface area is 196 Å². The Morgan fingerprint density at radius 2 is 1.84 bits per heavy atom. The number of ketones is 1. The second kappa shape index (κ2) is 10.3. The predicted octanol–water partition coefficient (Wildman–Crippen LogP) is 4.75. The molecule has 1 N–H and O–H groups in total. The number of aryl methyl sites for hydroxylation is 1. The van der Waals surface area contributed by atoms with E-state index in [1.165, 1.54) is 0 Å². The van der Waals surface area contributed by atoms with Crippen LogP contribution in [0.1, 0.15) is 28.5 Å². The number of carbonyl (C=O) groups is 1. The molecule has 0 saturated carbocycles. The fourth-order valence-corrected chi connectivity index (χ4v) is 4.06. The molecule has 1 aliphatic rings. The third-order valence-corrected chi connectivity index (χ3v) is 5.74. The van der Waals surface area contributed by atoms with Crippen LogP contribution in [0.2, 0.25) is 10.0 Å². The lowest BCUT2D eigenvalue weighted by molar-refractivity contribution is 0.0993. The largest absolute Gasteiger partial charge is 0.378 e. The summed E-state index contributed by atoms with van der Waals surface area (Å²) in [7, 11) is 0. The van der Waals surface area contributed by atoms with Gasteiger partial charge in [-0.15, -0.1) is 0 Å². The molecule has 1 aromatic carbocycles. The smallest absolute Gasteiger partial charge is 0.227 e. The number of anilines is 3. The number of rotatable bonds is 7. The number of carbonyl (C=O) groups excluding carboxylic acids is 1. The van der Waals surface area contributed by atoms with Gasteiger partial charge in [0, 0.05) is 37.5 Å². The standard InChI is InChI=1S/C23H23Cl2N5O2/c1-2-16-14-21(29-23(27-16)30-8-10-32-11-9-30)28-20-13-15(6-7-26-20)12-19(31)22-17(24)4-3-5-18(22)25/h3-7,13-14H,2,8-12H2,1H3,(H,26,27,28,29). The number of halogens is 2. The molecule has 4 rings (SSSR count). The van der Waals surface area contributed by atoms with E-state index in [2.05, 4.69) is 32.1 Å². The summed E-state index contributed by atoms with van der Waals surface area (Å²) in [6, 6.07) is 10.6. The molecule has 0 amide bonds. The highest BCUT2D eigenvalue weighted by Crippen LogP contribution is 2.26. The molecule has 1 fully saturated rings. The second-order valence-electron chi connectivity index (χ2n) is 7.37. The lowest BCUT2D eigenvalue weighted by atomic mass is 10.0. The van der Waals surface area contributed by atoms with Crippen LogP contribution in [0.25, 0.3) is 0 Å². The zero-order chi connectivity index (χ0) is 22.5. The number of morpholine rings is 1. The Morgan fingerprint density at radius 3 is 2.56 bits per heavy atom. The summed E-state index contributed by atoms with van der Waals surface area (Å²) < 4.78 is 5.43. The molecule has 0 atom stereocenters. The Balaban J connectivity index is 1.53. The minimum atomic E-state index is -0.150. The molecule has 7 nitrogen and oxygen atoms in total. The van der Waals surface area contributed by atoms with Crippen molar-refractivity contribution >= 4 is 46.6 Å². The van der Waals surface area contributed by atoms with Gasteiger partial charge in [-0.2, -0.15) is 4.98 Å². The molecule has 3 heterocycles. The lowest BCUT2D eigenvalue weighted by Crippen LogP contribution is -2.37. The molecule has 0 spiro atoms. The van der Waals surface area contributed by atoms with E-state index in [0.717, 1.165) is 30.8 Å². The van der Waals surface area contributed by atoms with Crippen LogP contribution in [-0.4, -0.2) is 47.0 Å². The number of ether oxygens (including phenoxy) is 1. The Morgan fingerprint density at radius 1 is 1.09 bits per heavy atom. The quantitative estimate of drug-likeness (QED) is 0.498. The minimum Gasteiger partial charge on any atom is -0.378 e. The van der Waals surface area contributed by atoms with Gasteiger partial charge in [0.2, 0.25) is 5.95 Å². The molecule has 32 heavy (non-hydrogen) atoms. The molecule has 0 radical (unpaired) electrons. The Bertz CT molecular complexity index is 1100. The first kappa shape index (κ1) is 22.5. The first-order valence-corrected chi connectivity index (χ1v) is 11.2. The van der Waals surface area contributed by atoms with Crippen LogP contribution in [0.15, 0.2) is 42.6 Å². The molecule has 166 valence electrons. The van der Waals surface area contributed by atoms with Crippen LogP contribution in [-0.2, 0) is 17.6 Å². The summed E-state index contributed by atoms with van der Waals surface area (Å²) in [6.07, 6.45) is 2.60. The van der Waals surface area contributed by atoms with Gasteiger partial charge in [-0.05, 0) is 36.2 Å². The van der Waals surface area contributed by atoms with Crippen LogP contribution in [0.3, 0.4) is 0 Å². The van der Waals surface area contributed by atoms with Gasteiger partial charge in [0.05, 0.1) is 28.8 Å². The normalized spacial score (nSPS) is 13.8. The Hall–Kier alpha value is -2.74. The third kappa shape index (κ3) is 5.35. The number of nitrogens with zero attached hydrogens (tertiary/aromatic N) is 4. The van der Waals surface area contributed by atoms with Crippen LogP contribution < -0.4 is 10.2 Å².